The van der Waals surface area contributed by atoms with Gasteiger partial charge in [-0.2, -0.15) is 13.2 Å². The maximum Gasteiger partial charge on any atom is 0.442 e. The molecule has 0 unspecified atom stereocenters. The van der Waals surface area contributed by atoms with Gasteiger partial charge in [-0.15, -0.1) is 10.2 Å². The highest BCUT2D eigenvalue weighted by molar-refractivity contribution is 5.76. The normalized spacial score (nSPS) is 22.3. The van der Waals surface area contributed by atoms with Gasteiger partial charge >= 0.3 is 11.8 Å². The molecule has 2 aliphatic rings. The minimum Gasteiger partial charge on any atom is -0.493 e. The second kappa shape index (κ2) is 28.1. The van der Waals surface area contributed by atoms with Crippen LogP contribution in [0.2, 0.25) is 0 Å². The van der Waals surface area contributed by atoms with E-state index >= 15 is 0 Å². The fourth-order valence-corrected chi connectivity index (χ4v) is 7.48. The largest absolute Gasteiger partial charge is 0.493 e. The first-order valence-corrected chi connectivity index (χ1v) is 22.7. The molecular formula is C45H74F3N3O9. The molecule has 2 heterocycles. The molecule has 0 aliphatic carbocycles. The van der Waals surface area contributed by atoms with Gasteiger partial charge < -0.3 is 45.1 Å². The van der Waals surface area contributed by atoms with E-state index in [0.29, 0.717) is 25.2 Å². The number of nitrogens with one attached hydrogen (secondary N) is 1. The van der Waals surface area contributed by atoms with E-state index in [9.17, 15) is 43.5 Å². The molecular weight excluding hydrogens is 784 g/mol. The van der Waals surface area contributed by atoms with Crippen molar-refractivity contribution in [3.63, 3.8) is 0 Å². The van der Waals surface area contributed by atoms with Crippen LogP contribution in [0.25, 0.3) is 0 Å². The van der Waals surface area contributed by atoms with Crippen molar-refractivity contribution < 1.29 is 57.7 Å². The lowest BCUT2D eigenvalue weighted by atomic mass is 9.99. The fraction of sp³-hybridized carbons (Fsp3) is 0.800. The molecule has 1 aromatic rings. The Bertz CT molecular complexity index is 1390. The Hall–Kier alpha value is -2.66. The zero-order valence-corrected chi connectivity index (χ0v) is 36.0. The molecule has 1 aromatic carbocycles. The molecule has 0 spiro atoms. The van der Waals surface area contributed by atoms with Crippen LogP contribution < -0.4 is 10.1 Å². The summed E-state index contributed by atoms with van der Waals surface area (Å²) >= 11 is 0. The predicted octanol–water partition coefficient (Wildman–Crippen LogP) is 8.24. The van der Waals surface area contributed by atoms with Crippen LogP contribution in [-0.4, -0.2) is 100 Å². The summed E-state index contributed by atoms with van der Waals surface area (Å²) in [5, 5.41) is 60.7. The minimum atomic E-state index is -4.59. The molecule has 60 heavy (non-hydrogen) atoms. The standard InChI is InChI=1S/C45H74F3N3O9/c1-3-5-6-7-8-9-10-11-12-13-16-19-22-25-36(53)35(32-59-43-42(57)41(56)40(55)38(31-52)60-43)49-39(54)26-23-20-17-14-15-18-21-24-29-58-37-30-34(28-27-33(37)4-2)44(50-51-44)45(46,47)48/h22,25,27-28,30,35-36,38,40-43,52-53,55-57H,3-21,23-24,26,29,31-32H2,1-2H3,(H,49,54)/b25-22+/t35-,36+,38+,40-,41-,42+,43+/m0/s1. The van der Waals surface area contributed by atoms with E-state index in [4.69, 9.17) is 14.2 Å². The van der Waals surface area contributed by atoms with Crippen LogP contribution >= 0.6 is 0 Å². The first-order chi connectivity index (χ1) is 28.9. The van der Waals surface area contributed by atoms with E-state index in [1.165, 1.54) is 69.9 Å². The van der Waals surface area contributed by atoms with Crippen molar-refractivity contribution in [1.82, 2.24) is 5.32 Å². The molecule has 7 atom stereocenters. The third kappa shape index (κ3) is 17.6. The number of nitrogens with zero attached hydrogens (tertiary/aromatic N) is 2. The molecule has 0 saturated carbocycles. The number of hydrogen-bond acceptors (Lipinski definition) is 11. The average Bonchev–Trinajstić information content (AvgIpc) is 4.06. The van der Waals surface area contributed by atoms with Crippen molar-refractivity contribution in [2.24, 2.45) is 10.2 Å². The van der Waals surface area contributed by atoms with Crippen LogP contribution in [0, 0.1) is 0 Å². The Balaban J connectivity index is 1.33. The molecule has 0 radical (unpaired) electrons. The van der Waals surface area contributed by atoms with E-state index in [2.05, 4.69) is 22.5 Å². The third-order valence-electron chi connectivity index (χ3n) is 11.5. The first kappa shape index (κ1) is 51.7. The van der Waals surface area contributed by atoms with Crippen LogP contribution in [0.15, 0.2) is 40.6 Å². The van der Waals surface area contributed by atoms with Crippen molar-refractivity contribution in [1.29, 1.82) is 0 Å². The number of aliphatic hydroxyl groups is 5. The van der Waals surface area contributed by atoms with Crippen LogP contribution in [0.4, 0.5) is 13.2 Å². The van der Waals surface area contributed by atoms with Gasteiger partial charge in [-0.3, -0.25) is 4.79 Å². The van der Waals surface area contributed by atoms with E-state index < -0.39 is 61.3 Å². The third-order valence-corrected chi connectivity index (χ3v) is 11.5. The minimum absolute atomic E-state index is 0.0321. The van der Waals surface area contributed by atoms with Gasteiger partial charge in [0.1, 0.15) is 30.2 Å². The van der Waals surface area contributed by atoms with Gasteiger partial charge in [0.2, 0.25) is 5.91 Å². The van der Waals surface area contributed by atoms with Gasteiger partial charge in [-0.25, -0.2) is 0 Å². The number of allylic oxidation sites excluding steroid dienone is 1. The van der Waals surface area contributed by atoms with Gasteiger partial charge in [0.05, 0.1) is 32.0 Å². The van der Waals surface area contributed by atoms with Crippen LogP contribution in [0.1, 0.15) is 160 Å². The molecule has 0 aromatic heterocycles. The summed E-state index contributed by atoms with van der Waals surface area (Å²) in [6.45, 7) is 3.70. The lowest BCUT2D eigenvalue weighted by Gasteiger charge is -2.40. The molecule has 3 rings (SSSR count). The molecule has 1 saturated heterocycles. The molecule has 2 aliphatic heterocycles. The van der Waals surface area contributed by atoms with Crippen molar-refractivity contribution in [3.05, 3.63) is 41.5 Å². The van der Waals surface area contributed by atoms with Crippen LogP contribution in [-0.2, 0) is 26.4 Å². The summed E-state index contributed by atoms with van der Waals surface area (Å²) in [7, 11) is 0. The number of aliphatic hydroxyl groups excluding tert-OH is 5. The highest BCUT2D eigenvalue weighted by atomic mass is 19.4. The Morgan fingerprint density at radius 2 is 1.43 bits per heavy atom. The maximum atomic E-state index is 13.5. The Morgan fingerprint density at radius 1 is 0.850 bits per heavy atom. The lowest BCUT2D eigenvalue weighted by molar-refractivity contribution is -0.302. The van der Waals surface area contributed by atoms with Gasteiger partial charge in [-0.1, -0.05) is 141 Å². The van der Waals surface area contributed by atoms with Gasteiger partial charge in [-0.05, 0) is 43.7 Å². The predicted molar refractivity (Wildman–Crippen MR) is 223 cm³/mol. The number of ether oxygens (including phenoxy) is 3. The zero-order valence-electron chi connectivity index (χ0n) is 36.0. The highest BCUT2D eigenvalue weighted by Crippen LogP contribution is 2.53. The molecule has 1 amide bonds. The van der Waals surface area contributed by atoms with Gasteiger partial charge in [0.15, 0.2) is 6.29 Å². The highest BCUT2D eigenvalue weighted by Gasteiger charge is 2.65. The quantitative estimate of drug-likeness (QED) is 0.0300. The second-order valence-corrected chi connectivity index (χ2v) is 16.4. The number of carbonyl (C=O) groups is 1. The van der Waals surface area contributed by atoms with E-state index in [-0.39, 0.29) is 24.5 Å². The average molecular weight is 858 g/mol. The van der Waals surface area contributed by atoms with E-state index in [1.807, 2.05) is 13.0 Å². The summed E-state index contributed by atoms with van der Waals surface area (Å²) in [5.74, 6) is 0.176. The van der Waals surface area contributed by atoms with Crippen molar-refractivity contribution in [2.75, 3.05) is 19.8 Å². The SMILES string of the molecule is CCCCCCCCCCCCC/C=C/[C@@H](O)[C@H](CO[C@@H]1O[C@H](CO)[C@H](O)[C@H](O)[C@H]1O)NC(=O)CCCCCCCCCCOc1cc(C2(C(F)(F)F)N=N2)ccc1CC. The van der Waals surface area contributed by atoms with E-state index in [0.717, 1.165) is 69.8 Å². The molecule has 12 nitrogen and oxygen atoms in total. The number of unbranched alkanes of at least 4 members (excludes halogenated alkanes) is 18. The number of alkyl halides is 3. The number of halogens is 3. The maximum absolute atomic E-state index is 13.5. The first-order valence-electron chi connectivity index (χ1n) is 22.7. The van der Waals surface area contributed by atoms with Crippen molar-refractivity contribution in [2.45, 2.75) is 210 Å². The fourth-order valence-electron chi connectivity index (χ4n) is 7.48. The van der Waals surface area contributed by atoms with E-state index in [1.54, 1.807) is 12.1 Å². The van der Waals surface area contributed by atoms with Gasteiger partial charge in [0.25, 0.3) is 0 Å². The summed E-state index contributed by atoms with van der Waals surface area (Å²) in [5.41, 5.74) is -1.67. The molecule has 0 bridgehead atoms. The Labute approximate surface area is 355 Å². The summed E-state index contributed by atoms with van der Waals surface area (Å²) in [6, 6.07) is 3.60. The number of rotatable bonds is 33. The monoisotopic (exact) mass is 858 g/mol. The number of benzene rings is 1. The lowest BCUT2D eigenvalue weighted by Crippen LogP contribution is -2.60. The zero-order chi connectivity index (χ0) is 43.8. The molecule has 1 fully saturated rings. The molecule has 15 heteroatoms. The Morgan fingerprint density at radius 3 is 2.00 bits per heavy atom. The molecule has 6 N–H and O–H groups in total. The summed E-state index contributed by atoms with van der Waals surface area (Å²) in [4.78, 5) is 13.0. The number of amides is 1. The molecule has 344 valence electrons. The number of hydrogen-bond donors (Lipinski definition) is 6. The Kier molecular flexibility index (Phi) is 24.2. The topological polar surface area (TPSA) is 183 Å². The summed E-state index contributed by atoms with van der Waals surface area (Å²) < 4.78 is 57.5. The van der Waals surface area contributed by atoms with Crippen molar-refractivity contribution >= 4 is 5.91 Å². The number of aryl methyl sites for hydroxylation is 1. The van der Waals surface area contributed by atoms with Gasteiger partial charge in [0, 0.05) is 12.0 Å². The van der Waals surface area contributed by atoms with Crippen molar-refractivity contribution in [3.8, 4) is 5.75 Å². The second-order valence-electron chi connectivity index (χ2n) is 16.4. The van der Waals surface area contributed by atoms with Crippen LogP contribution in [0.3, 0.4) is 0 Å². The van der Waals surface area contributed by atoms with Crippen LogP contribution in [0.5, 0.6) is 5.75 Å². The smallest absolute Gasteiger partial charge is 0.442 e. The summed E-state index contributed by atoms with van der Waals surface area (Å²) in [6.07, 6.45) is 13.0. The number of carbonyl (C=O) groups excluding carboxylic acids is 1.